The first-order chi connectivity index (χ1) is 10.3. The van der Waals surface area contributed by atoms with Crippen LogP contribution in [-0.4, -0.2) is 45.2 Å². The summed E-state index contributed by atoms with van der Waals surface area (Å²) in [5, 5.41) is 10.7. The van der Waals surface area contributed by atoms with Crippen LogP contribution in [0.15, 0.2) is 21.9 Å². The fourth-order valence-corrected chi connectivity index (χ4v) is 3.88. The molecule has 0 aliphatic carbocycles. The molecule has 3 heterocycles. The Kier molecular flexibility index (Phi) is 3.61. The Labute approximate surface area is 123 Å². The fraction of sp³-hybridized carbons (Fsp3) is 0.636. The molecule has 2 saturated heterocycles. The van der Waals surface area contributed by atoms with Gasteiger partial charge in [0.2, 0.25) is 0 Å². The third-order valence-electron chi connectivity index (χ3n) is 3.83. The predicted molar refractivity (Wildman–Crippen MR) is 70.6 cm³/mol. The van der Waals surface area contributed by atoms with E-state index in [0.29, 0.717) is 0 Å². The number of ether oxygens (including phenoxy) is 1. The van der Waals surface area contributed by atoms with Gasteiger partial charge in [0.1, 0.15) is 18.4 Å². The predicted octanol–water partition coefficient (Wildman–Crippen LogP) is -0.670. The zero-order valence-corrected chi connectivity index (χ0v) is 12.4. The van der Waals surface area contributed by atoms with Gasteiger partial charge in [0, 0.05) is 12.3 Å². The van der Waals surface area contributed by atoms with Gasteiger partial charge in [-0.1, -0.05) is 0 Å². The molecule has 2 N–H and O–H groups in total. The highest BCUT2D eigenvalue weighted by Gasteiger charge is 2.65. The van der Waals surface area contributed by atoms with E-state index in [0.717, 1.165) is 16.8 Å². The smallest absolute Gasteiger partial charge is 0.330 e. The zero-order chi connectivity index (χ0) is 16.1. The minimum absolute atomic E-state index is 0.378. The molecule has 2 aliphatic heterocycles. The third kappa shape index (κ3) is 2.19. The average molecular weight is 336 g/mol. The van der Waals surface area contributed by atoms with Gasteiger partial charge < -0.3 is 18.9 Å². The van der Waals surface area contributed by atoms with Gasteiger partial charge in [0.15, 0.2) is 11.8 Å². The standard InChI is InChI=1S/C11H14FN2O7P/c1-10(17)7-11(4-12,5-19-22(18)21-7)20-8(10)14-3-2-6(15)13-9(14)16/h2-3,7-8,17,22H,4-5H2,1H3,(H,13,15,16)/t7-,8?,10+,11+/m0/s1. The van der Waals surface area contributed by atoms with Crippen molar-refractivity contribution in [3.05, 3.63) is 33.1 Å². The molecular formula is C11H14FN2O7P. The van der Waals surface area contributed by atoms with E-state index >= 15 is 0 Å². The molecule has 2 unspecified atom stereocenters. The van der Waals surface area contributed by atoms with E-state index in [1.54, 1.807) is 0 Å². The van der Waals surface area contributed by atoms with Gasteiger partial charge in [-0.15, -0.1) is 0 Å². The number of hydrogen-bond donors (Lipinski definition) is 2. The molecule has 3 rings (SSSR count). The lowest BCUT2D eigenvalue weighted by Gasteiger charge is -2.37. The van der Waals surface area contributed by atoms with E-state index in [1.807, 2.05) is 4.98 Å². The Bertz CT molecular complexity index is 732. The normalized spacial score (nSPS) is 41.3. The van der Waals surface area contributed by atoms with Gasteiger partial charge in [-0.25, -0.2) is 9.18 Å². The van der Waals surface area contributed by atoms with Gasteiger partial charge in [-0.2, -0.15) is 0 Å². The van der Waals surface area contributed by atoms with Crippen molar-refractivity contribution in [2.45, 2.75) is 30.5 Å². The second kappa shape index (κ2) is 5.10. The highest BCUT2D eigenvalue weighted by molar-refractivity contribution is 7.33. The molecule has 11 heteroatoms. The Morgan fingerprint density at radius 3 is 2.95 bits per heavy atom. The first-order valence-corrected chi connectivity index (χ1v) is 7.64. The molecule has 1 aromatic rings. The summed E-state index contributed by atoms with van der Waals surface area (Å²) in [5.41, 5.74) is -5.00. The van der Waals surface area contributed by atoms with Crippen LogP contribution < -0.4 is 11.2 Å². The molecule has 122 valence electrons. The molecule has 0 bridgehead atoms. The van der Waals surface area contributed by atoms with Crippen molar-refractivity contribution in [2.24, 2.45) is 0 Å². The number of aromatic amines is 1. The van der Waals surface area contributed by atoms with Crippen molar-refractivity contribution >= 4 is 8.25 Å². The lowest BCUT2D eigenvalue weighted by molar-refractivity contribution is -0.145. The minimum Gasteiger partial charge on any atom is -0.383 e. The topological polar surface area (TPSA) is 120 Å². The van der Waals surface area contributed by atoms with E-state index < -0.39 is 49.7 Å². The highest BCUT2D eigenvalue weighted by atomic mass is 31.1. The molecule has 5 atom stereocenters. The minimum atomic E-state index is -2.89. The summed E-state index contributed by atoms with van der Waals surface area (Å²) in [5.74, 6) is 0. The number of nitrogens with zero attached hydrogens (tertiary/aromatic N) is 1. The first-order valence-electron chi connectivity index (χ1n) is 6.41. The molecule has 2 aliphatic rings. The van der Waals surface area contributed by atoms with Crippen molar-refractivity contribution in [2.75, 3.05) is 13.3 Å². The monoisotopic (exact) mass is 336 g/mol. The van der Waals surface area contributed by atoms with Crippen LogP contribution in [0.4, 0.5) is 4.39 Å². The number of aliphatic hydroxyl groups is 1. The van der Waals surface area contributed by atoms with E-state index in [-0.39, 0.29) is 6.61 Å². The van der Waals surface area contributed by atoms with Crippen molar-refractivity contribution in [1.29, 1.82) is 0 Å². The summed E-state index contributed by atoms with van der Waals surface area (Å²) >= 11 is 0. The Morgan fingerprint density at radius 1 is 1.59 bits per heavy atom. The summed E-state index contributed by atoms with van der Waals surface area (Å²) in [7, 11) is -2.89. The molecule has 0 radical (unpaired) electrons. The van der Waals surface area contributed by atoms with Crippen LogP contribution in [0.25, 0.3) is 0 Å². The van der Waals surface area contributed by atoms with Crippen LogP contribution in [0.3, 0.4) is 0 Å². The SMILES string of the molecule is C[C@]1(O)C(n2ccc(=O)[nH]c2=O)O[C@]2(CF)CO[PH](=O)O[C@H]21. The van der Waals surface area contributed by atoms with E-state index in [9.17, 15) is 23.7 Å². The molecule has 9 nitrogen and oxygen atoms in total. The van der Waals surface area contributed by atoms with E-state index in [1.165, 1.54) is 6.92 Å². The van der Waals surface area contributed by atoms with Gasteiger partial charge in [0.25, 0.3) is 5.56 Å². The number of hydrogen-bond acceptors (Lipinski definition) is 7. The first kappa shape index (κ1) is 15.6. The molecule has 0 saturated carbocycles. The van der Waals surface area contributed by atoms with Gasteiger partial charge in [-0.3, -0.25) is 18.9 Å². The lowest BCUT2D eigenvalue weighted by Crippen LogP contribution is -2.55. The third-order valence-corrected chi connectivity index (χ3v) is 4.64. The number of rotatable bonds is 2. The molecule has 0 aromatic carbocycles. The summed E-state index contributed by atoms with van der Waals surface area (Å²) in [6, 6.07) is 1.06. The Morgan fingerprint density at radius 2 is 2.32 bits per heavy atom. The molecule has 1 aromatic heterocycles. The van der Waals surface area contributed by atoms with Crippen LogP contribution in [0.2, 0.25) is 0 Å². The van der Waals surface area contributed by atoms with Crippen molar-refractivity contribution in [3.63, 3.8) is 0 Å². The molecule has 0 spiro atoms. The zero-order valence-electron chi connectivity index (χ0n) is 11.4. The highest BCUT2D eigenvalue weighted by Crippen LogP contribution is 2.52. The molecule has 0 amide bonds. The summed E-state index contributed by atoms with van der Waals surface area (Å²) < 4.78 is 41.3. The van der Waals surface area contributed by atoms with Crippen LogP contribution in [0.1, 0.15) is 13.2 Å². The van der Waals surface area contributed by atoms with Crippen molar-refractivity contribution in [3.8, 4) is 0 Å². The largest absolute Gasteiger partial charge is 0.383 e. The fourth-order valence-electron chi connectivity index (χ4n) is 2.80. The van der Waals surface area contributed by atoms with E-state index in [4.69, 9.17) is 13.8 Å². The summed E-state index contributed by atoms with van der Waals surface area (Å²) in [6.45, 7) is -0.175. The average Bonchev–Trinajstić information content (AvgIpc) is 2.69. The van der Waals surface area contributed by atoms with Gasteiger partial charge in [0.05, 0.1) is 6.61 Å². The number of fused-ring (bicyclic) bond motifs is 1. The second-order valence-electron chi connectivity index (χ2n) is 5.45. The molecule has 22 heavy (non-hydrogen) atoms. The Hall–Kier alpha value is -1.32. The van der Waals surface area contributed by atoms with E-state index in [2.05, 4.69) is 0 Å². The summed E-state index contributed by atoms with van der Waals surface area (Å²) in [6.07, 6.45) is -1.50. The number of halogens is 1. The molecular weight excluding hydrogens is 322 g/mol. The van der Waals surface area contributed by atoms with Crippen molar-refractivity contribution in [1.82, 2.24) is 9.55 Å². The number of H-pyrrole nitrogens is 1. The van der Waals surface area contributed by atoms with Crippen LogP contribution in [0.5, 0.6) is 0 Å². The van der Waals surface area contributed by atoms with Crippen LogP contribution in [-0.2, 0) is 18.3 Å². The van der Waals surface area contributed by atoms with Gasteiger partial charge in [-0.05, 0) is 6.92 Å². The maximum atomic E-state index is 13.5. The summed E-state index contributed by atoms with van der Waals surface area (Å²) in [4.78, 5) is 25.0. The van der Waals surface area contributed by atoms with Gasteiger partial charge >= 0.3 is 13.9 Å². The number of aromatic nitrogens is 2. The number of alkyl halides is 1. The van der Waals surface area contributed by atoms with Crippen LogP contribution >= 0.6 is 8.25 Å². The van der Waals surface area contributed by atoms with Crippen LogP contribution in [0, 0.1) is 0 Å². The quantitative estimate of drug-likeness (QED) is 0.687. The number of nitrogens with one attached hydrogen (secondary N) is 1. The maximum absolute atomic E-state index is 13.5. The molecule has 2 fully saturated rings. The maximum Gasteiger partial charge on any atom is 0.330 e. The van der Waals surface area contributed by atoms with Crippen molar-refractivity contribution < 1.29 is 27.8 Å². The lowest BCUT2D eigenvalue weighted by atomic mass is 9.88. The second-order valence-corrected chi connectivity index (χ2v) is 6.47. The Balaban J connectivity index is 2.08.